The Bertz CT molecular complexity index is 709. The molecule has 0 aliphatic carbocycles. The average molecular weight is 342 g/mol. The Morgan fingerprint density at radius 3 is 2.12 bits per heavy atom. The van der Waals surface area contributed by atoms with Crippen molar-refractivity contribution < 1.29 is 19.1 Å². The first-order chi connectivity index (χ1) is 12.1. The summed E-state index contributed by atoms with van der Waals surface area (Å²) >= 11 is 0. The van der Waals surface area contributed by atoms with Gasteiger partial charge in [-0.1, -0.05) is 36.4 Å². The highest BCUT2D eigenvalue weighted by atomic mass is 16.5. The van der Waals surface area contributed by atoms with Gasteiger partial charge in [-0.05, 0) is 24.6 Å². The van der Waals surface area contributed by atoms with Crippen molar-refractivity contribution in [1.29, 1.82) is 0 Å². The highest BCUT2D eigenvalue weighted by Crippen LogP contribution is 2.27. The van der Waals surface area contributed by atoms with E-state index in [0.717, 1.165) is 5.56 Å². The summed E-state index contributed by atoms with van der Waals surface area (Å²) in [7, 11) is 2.94. The summed E-state index contributed by atoms with van der Waals surface area (Å²) in [6, 6.07) is 14.5. The predicted octanol–water partition coefficient (Wildman–Crippen LogP) is 2.31. The molecule has 0 saturated carbocycles. The second-order valence-corrected chi connectivity index (χ2v) is 5.42. The molecule has 0 aliphatic heterocycles. The summed E-state index contributed by atoms with van der Waals surface area (Å²) in [6.45, 7) is 1.75. The van der Waals surface area contributed by atoms with E-state index in [1.807, 2.05) is 37.3 Å². The monoisotopic (exact) mass is 342 g/mol. The van der Waals surface area contributed by atoms with E-state index in [1.165, 1.54) is 14.2 Å². The van der Waals surface area contributed by atoms with Crippen LogP contribution in [0.4, 0.5) is 0 Å². The SMILES string of the molecule is COc1cccc(OC)c1C(=O)NCC(=O)NC(C)c1ccccc1. The van der Waals surface area contributed by atoms with E-state index in [-0.39, 0.29) is 24.1 Å². The summed E-state index contributed by atoms with van der Waals surface area (Å²) in [5, 5.41) is 5.44. The normalized spacial score (nSPS) is 11.3. The molecular weight excluding hydrogens is 320 g/mol. The Balaban J connectivity index is 1.97. The molecule has 2 aromatic rings. The molecule has 2 aromatic carbocycles. The van der Waals surface area contributed by atoms with Crippen LogP contribution in [0.15, 0.2) is 48.5 Å². The van der Waals surface area contributed by atoms with Gasteiger partial charge in [0, 0.05) is 0 Å². The third kappa shape index (κ3) is 4.73. The molecule has 0 spiro atoms. The van der Waals surface area contributed by atoms with Crippen molar-refractivity contribution in [2.45, 2.75) is 13.0 Å². The maximum absolute atomic E-state index is 12.4. The van der Waals surface area contributed by atoms with E-state index in [1.54, 1.807) is 18.2 Å². The molecule has 6 heteroatoms. The van der Waals surface area contributed by atoms with Gasteiger partial charge >= 0.3 is 0 Å². The fourth-order valence-electron chi connectivity index (χ4n) is 2.44. The highest BCUT2D eigenvalue weighted by molar-refractivity contribution is 6.01. The lowest BCUT2D eigenvalue weighted by Crippen LogP contribution is -2.38. The Kier molecular flexibility index (Phi) is 6.39. The van der Waals surface area contributed by atoms with E-state index in [9.17, 15) is 9.59 Å². The zero-order chi connectivity index (χ0) is 18.2. The van der Waals surface area contributed by atoms with Crippen LogP contribution in [-0.2, 0) is 4.79 Å². The van der Waals surface area contributed by atoms with E-state index < -0.39 is 5.91 Å². The summed E-state index contributed by atoms with van der Waals surface area (Å²) < 4.78 is 10.4. The van der Waals surface area contributed by atoms with Crippen molar-refractivity contribution >= 4 is 11.8 Å². The molecular formula is C19H22N2O4. The minimum Gasteiger partial charge on any atom is -0.496 e. The summed E-state index contributed by atoms with van der Waals surface area (Å²) in [5.74, 6) is 0.0557. The number of carbonyl (C=O) groups excluding carboxylic acids is 2. The van der Waals surface area contributed by atoms with Crippen molar-refractivity contribution in [1.82, 2.24) is 10.6 Å². The van der Waals surface area contributed by atoms with Gasteiger partial charge in [0.25, 0.3) is 5.91 Å². The van der Waals surface area contributed by atoms with E-state index >= 15 is 0 Å². The zero-order valence-electron chi connectivity index (χ0n) is 14.5. The molecule has 1 atom stereocenters. The molecule has 0 heterocycles. The number of carbonyl (C=O) groups is 2. The van der Waals surface area contributed by atoms with Gasteiger partial charge in [0.1, 0.15) is 17.1 Å². The van der Waals surface area contributed by atoms with Gasteiger partial charge in [-0.3, -0.25) is 9.59 Å². The first-order valence-electron chi connectivity index (χ1n) is 7.90. The molecule has 0 radical (unpaired) electrons. The second kappa shape index (κ2) is 8.73. The van der Waals surface area contributed by atoms with Gasteiger partial charge in [0.2, 0.25) is 5.91 Å². The first kappa shape index (κ1) is 18.3. The number of hydrogen-bond donors (Lipinski definition) is 2. The Labute approximate surface area is 147 Å². The lowest BCUT2D eigenvalue weighted by molar-refractivity contribution is -0.120. The molecule has 2 amide bonds. The molecule has 0 aliphatic rings. The van der Waals surface area contributed by atoms with Crippen molar-refractivity contribution in [3.8, 4) is 11.5 Å². The minimum absolute atomic E-state index is 0.142. The van der Waals surface area contributed by atoms with Crippen LogP contribution in [0.2, 0.25) is 0 Å². The molecule has 2 N–H and O–H groups in total. The van der Waals surface area contributed by atoms with Crippen LogP contribution in [0.1, 0.15) is 28.9 Å². The third-order valence-electron chi connectivity index (χ3n) is 3.74. The quantitative estimate of drug-likeness (QED) is 0.809. The van der Waals surface area contributed by atoms with E-state index in [4.69, 9.17) is 9.47 Å². The number of benzene rings is 2. The van der Waals surface area contributed by atoms with Crippen molar-refractivity contribution in [3.63, 3.8) is 0 Å². The summed E-state index contributed by atoms with van der Waals surface area (Å²) in [5.41, 5.74) is 1.25. The first-order valence-corrected chi connectivity index (χ1v) is 7.90. The fraction of sp³-hybridized carbons (Fsp3) is 0.263. The molecule has 0 saturated heterocycles. The van der Waals surface area contributed by atoms with Crippen LogP contribution in [0.25, 0.3) is 0 Å². The van der Waals surface area contributed by atoms with Crippen LogP contribution >= 0.6 is 0 Å². The number of rotatable bonds is 7. The molecule has 0 bridgehead atoms. The number of nitrogens with one attached hydrogen (secondary N) is 2. The maximum atomic E-state index is 12.4. The zero-order valence-corrected chi connectivity index (χ0v) is 14.5. The lowest BCUT2D eigenvalue weighted by atomic mass is 10.1. The van der Waals surface area contributed by atoms with Crippen LogP contribution in [-0.4, -0.2) is 32.6 Å². The van der Waals surface area contributed by atoms with Crippen LogP contribution in [0.5, 0.6) is 11.5 Å². The Morgan fingerprint density at radius 2 is 1.56 bits per heavy atom. The van der Waals surface area contributed by atoms with Crippen molar-refractivity contribution in [2.24, 2.45) is 0 Å². The molecule has 132 valence electrons. The summed E-state index contributed by atoms with van der Waals surface area (Å²) in [4.78, 5) is 24.5. The maximum Gasteiger partial charge on any atom is 0.259 e. The topological polar surface area (TPSA) is 76.7 Å². The molecule has 2 rings (SSSR count). The van der Waals surface area contributed by atoms with Gasteiger partial charge in [-0.25, -0.2) is 0 Å². The Hall–Kier alpha value is -3.02. The van der Waals surface area contributed by atoms with Gasteiger partial charge < -0.3 is 20.1 Å². The average Bonchev–Trinajstić information content (AvgIpc) is 2.65. The summed E-state index contributed by atoms with van der Waals surface area (Å²) in [6.07, 6.45) is 0. The third-order valence-corrected chi connectivity index (χ3v) is 3.74. The van der Waals surface area contributed by atoms with Crippen molar-refractivity contribution in [3.05, 3.63) is 59.7 Å². The van der Waals surface area contributed by atoms with Crippen LogP contribution in [0, 0.1) is 0 Å². The minimum atomic E-state index is -0.434. The molecule has 6 nitrogen and oxygen atoms in total. The van der Waals surface area contributed by atoms with E-state index in [0.29, 0.717) is 11.5 Å². The number of amides is 2. The van der Waals surface area contributed by atoms with E-state index in [2.05, 4.69) is 10.6 Å². The number of ether oxygens (including phenoxy) is 2. The highest BCUT2D eigenvalue weighted by Gasteiger charge is 2.19. The van der Waals surface area contributed by atoms with Gasteiger partial charge in [0.05, 0.1) is 26.8 Å². The largest absolute Gasteiger partial charge is 0.496 e. The van der Waals surface area contributed by atoms with Gasteiger partial charge in [0.15, 0.2) is 0 Å². The van der Waals surface area contributed by atoms with Gasteiger partial charge in [-0.2, -0.15) is 0 Å². The molecule has 1 unspecified atom stereocenters. The van der Waals surface area contributed by atoms with Crippen LogP contribution in [0.3, 0.4) is 0 Å². The smallest absolute Gasteiger partial charge is 0.259 e. The van der Waals surface area contributed by atoms with Crippen LogP contribution < -0.4 is 20.1 Å². The number of hydrogen-bond acceptors (Lipinski definition) is 4. The van der Waals surface area contributed by atoms with Gasteiger partial charge in [-0.15, -0.1) is 0 Å². The molecule has 0 aromatic heterocycles. The van der Waals surface area contributed by atoms with Crippen molar-refractivity contribution in [2.75, 3.05) is 20.8 Å². The molecule has 0 fully saturated rings. The lowest BCUT2D eigenvalue weighted by Gasteiger charge is -2.15. The second-order valence-electron chi connectivity index (χ2n) is 5.42. The molecule has 25 heavy (non-hydrogen) atoms. The predicted molar refractivity (Wildman–Crippen MR) is 94.9 cm³/mol. The standard InChI is InChI=1S/C19H22N2O4/c1-13(14-8-5-4-6-9-14)21-17(22)12-20-19(23)18-15(24-2)10-7-11-16(18)25-3/h4-11,13H,12H2,1-3H3,(H,20,23)(H,21,22). The fourth-order valence-corrected chi connectivity index (χ4v) is 2.44. The Morgan fingerprint density at radius 1 is 0.960 bits per heavy atom. The number of methoxy groups -OCH3 is 2.